The summed E-state index contributed by atoms with van der Waals surface area (Å²) >= 11 is 1.42. The van der Waals surface area contributed by atoms with Crippen LogP contribution in [0.15, 0.2) is 5.16 Å². The number of likely N-dealkylation sites (N-methyl/N-ethyl adjacent to an activating group) is 1. The monoisotopic (exact) mass is 298 g/mol. The standard InChI is InChI=1S/C12H22N6OS/c1-3-13-7-8-18-12(14-15-16-18)20-9-11(19)17(4-2)10-5-6-10/h10,13H,3-9H2,1-2H3. The van der Waals surface area contributed by atoms with E-state index in [1.807, 2.05) is 11.8 Å². The summed E-state index contributed by atoms with van der Waals surface area (Å²) in [5.41, 5.74) is 0. The molecule has 0 aromatic carbocycles. The molecule has 0 spiro atoms. The molecule has 0 radical (unpaired) electrons. The molecule has 2 rings (SSSR count). The summed E-state index contributed by atoms with van der Waals surface area (Å²) in [5.74, 6) is 0.590. The van der Waals surface area contributed by atoms with Gasteiger partial charge in [0.25, 0.3) is 0 Å². The highest BCUT2D eigenvalue weighted by Gasteiger charge is 2.31. The lowest BCUT2D eigenvalue weighted by atomic mass is 10.4. The van der Waals surface area contributed by atoms with Gasteiger partial charge in [0.2, 0.25) is 11.1 Å². The molecule has 1 aliphatic rings. The predicted molar refractivity (Wildman–Crippen MR) is 77.5 cm³/mol. The first kappa shape index (κ1) is 15.2. The van der Waals surface area contributed by atoms with Gasteiger partial charge in [0.05, 0.1) is 12.3 Å². The summed E-state index contributed by atoms with van der Waals surface area (Å²) < 4.78 is 1.74. The molecule has 1 aromatic rings. The highest BCUT2D eigenvalue weighted by Crippen LogP contribution is 2.27. The zero-order valence-electron chi connectivity index (χ0n) is 12.1. The molecule has 0 aliphatic heterocycles. The summed E-state index contributed by atoms with van der Waals surface area (Å²) in [6.07, 6.45) is 2.29. The molecule has 7 nitrogen and oxygen atoms in total. The summed E-state index contributed by atoms with van der Waals surface area (Å²) in [6, 6.07) is 0.470. The van der Waals surface area contributed by atoms with Gasteiger partial charge in [-0.15, -0.1) is 5.10 Å². The van der Waals surface area contributed by atoms with Crippen LogP contribution >= 0.6 is 11.8 Å². The maximum Gasteiger partial charge on any atom is 0.233 e. The van der Waals surface area contributed by atoms with Crippen molar-refractivity contribution < 1.29 is 4.79 Å². The van der Waals surface area contributed by atoms with E-state index in [4.69, 9.17) is 0 Å². The van der Waals surface area contributed by atoms with E-state index in [0.717, 1.165) is 39.0 Å². The maximum absolute atomic E-state index is 12.1. The van der Waals surface area contributed by atoms with Crippen molar-refractivity contribution in [3.63, 3.8) is 0 Å². The lowest BCUT2D eigenvalue weighted by molar-refractivity contribution is -0.128. The summed E-state index contributed by atoms with van der Waals surface area (Å²) in [4.78, 5) is 14.1. The van der Waals surface area contributed by atoms with Gasteiger partial charge < -0.3 is 10.2 Å². The van der Waals surface area contributed by atoms with Crippen molar-refractivity contribution in [2.24, 2.45) is 0 Å². The minimum atomic E-state index is 0.182. The Kier molecular flexibility index (Phi) is 5.78. The first-order valence-electron chi connectivity index (χ1n) is 7.15. The molecular formula is C12H22N6OS. The van der Waals surface area contributed by atoms with Gasteiger partial charge in [-0.25, -0.2) is 4.68 Å². The Hall–Kier alpha value is -1.15. The van der Waals surface area contributed by atoms with Gasteiger partial charge in [-0.05, 0) is 36.7 Å². The van der Waals surface area contributed by atoms with Crippen LogP contribution in [0.3, 0.4) is 0 Å². The van der Waals surface area contributed by atoms with Gasteiger partial charge in [-0.1, -0.05) is 18.7 Å². The van der Waals surface area contributed by atoms with Crippen molar-refractivity contribution in [3.05, 3.63) is 0 Å². The second kappa shape index (κ2) is 7.58. The Bertz CT molecular complexity index is 433. The van der Waals surface area contributed by atoms with Crippen molar-refractivity contribution in [2.45, 2.75) is 44.4 Å². The Morgan fingerprint density at radius 3 is 2.95 bits per heavy atom. The van der Waals surface area contributed by atoms with Gasteiger partial charge in [0, 0.05) is 19.1 Å². The third-order valence-electron chi connectivity index (χ3n) is 3.22. The number of carbonyl (C=O) groups is 1. The number of nitrogens with zero attached hydrogens (tertiary/aromatic N) is 5. The van der Waals surface area contributed by atoms with E-state index in [1.165, 1.54) is 11.8 Å². The molecule has 1 heterocycles. The number of hydrogen-bond acceptors (Lipinski definition) is 6. The molecule has 1 aliphatic carbocycles. The lowest BCUT2D eigenvalue weighted by Crippen LogP contribution is -2.34. The summed E-state index contributed by atoms with van der Waals surface area (Å²) in [6.45, 7) is 7.35. The van der Waals surface area contributed by atoms with Crippen LogP contribution in [0.2, 0.25) is 0 Å². The maximum atomic E-state index is 12.1. The summed E-state index contributed by atoms with van der Waals surface area (Å²) in [7, 11) is 0. The normalized spacial score (nSPS) is 14.5. The van der Waals surface area contributed by atoms with Crippen LogP contribution < -0.4 is 5.32 Å². The van der Waals surface area contributed by atoms with Crippen LogP contribution in [-0.4, -0.2) is 62.4 Å². The van der Waals surface area contributed by atoms with Crippen molar-refractivity contribution in [1.29, 1.82) is 0 Å². The number of nitrogens with one attached hydrogen (secondary N) is 1. The van der Waals surface area contributed by atoms with Gasteiger partial charge in [-0.3, -0.25) is 4.79 Å². The SMILES string of the molecule is CCNCCn1nnnc1SCC(=O)N(CC)C1CC1. The molecule has 0 bridgehead atoms. The molecular weight excluding hydrogens is 276 g/mol. The first-order valence-corrected chi connectivity index (χ1v) is 8.14. The molecule has 1 N–H and O–H groups in total. The molecule has 0 atom stereocenters. The predicted octanol–water partition coefficient (Wildman–Crippen LogP) is 0.386. The van der Waals surface area contributed by atoms with Crippen LogP contribution in [0.25, 0.3) is 0 Å². The minimum absolute atomic E-state index is 0.182. The topological polar surface area (TPSA) is 75.9 Å². The van der Waals surface area contributed by atoms with E-state index in [1.54, 1.807) is 4.68 Å². The Labute approximate surface area is 123 Å². The fraction of sp³-hybridized carbons (Fsp3) is 0.833. The smallest absolute Gasteiger partial charge is 0.233 e. The molecule has 8 heteroatoms. The van der Waals surface area contributed by atoms with Crippen molar-refractivity contribution in [2.75, 3.05) is 25.4 Å². The molecule has 1 amide bonds. The average Bonchev–Trinajstić information content (AvgIpc) is 3.17. The van der Waals surface area contributed by atoms with Crippen LogP contribution in [0.5, 0.6) is 0 Å². The largest absolute Gasteiger partial charge is 0.339 e. The average molecular weight is 298 g/mol. The molecule has 0 unspecified atom stereocenters. The van der Waals surface area contributed by atoms with E-state index in [0.29, 0.717) is 17.0 Å². The Morgan fingerprint density at radius 1 is 1.50 bits per heavy atom. The van der Waals surface area contributed by atoms with Gasteiger partial charge in [0.15, 0.2) is 0 Å². The van der Waals surface area contributed by atoms with Crippen LogP contribution in [-0.2, 0) is 11.3 Å². The van der Waals surface area contributed by atoms with Gasteiger partial charge in [-0.2, -0.15) is 0 Å². The third-order valence-corrected chi connectivity index (χ3v) is 4.16. The van der Waals surface area contributed by atoms with Gasteiger partial charge in [0.1, 0.15) is 0 Å². The van der Waals surface area contributed by atoms with Crippen molar-refractivity contribution in [3.8, 4) is 0 Å². The lowest BCUT2D eigenvalue weighted by Gasteiger charge is -2.19. The number of tetrazole rings is 1. The fourth-order valence-electron chi connectivity index (χ4n) is 2.04. The van der Waals surface area contributed by atoms with Crippen LogP contribution in [0, 0.1) is 0 Å². The highest BCUT2D eigenvalue weighted by molar-refractivity contribution is 7.99. The number of thioether (sulfide) groups is 1. The summed E-state index contributed by atoms with van der Waals surface area (Å²) in [5, 5.41) is 15.5. The second-order valence-electron chi connectivity index (χ2n) is 4.74. The van der Waals surface area contributed by atoms with Crippen LogP contribution in [0.1, 0.15) is 26.7 Å². The quantitative estimate of drug-likeness (QED) is 0.525. The van der Waals surface area contributed by atoms with E-state index in [9.17, 15) is 4.79 Å². The molecule has 1 aromatic heterocycles. The number of aromatic nitrogens is 4. The molecule has 112 valence electrons. The Morgan fingerprint density at radius 2 is 2.30 bits per heavy atom. The molecule has 0 saturated heterocycles. The fourth-order valence-corrected chi connectivity index (χ4v) is 2.82. The first-order chi connectivity index (χ1) is 9.76. The molecule has 20 heavy (non-hydrogen) atoms. The van der Waals surface area contributed by atoms with Gasteiger partial charge >= 0.3 is 0 Å². The van der Waals surface area contributed by atoms with Crippen molar-refractivity contribution in [1.82, 2.24) is 30.4 Å². The highest BCUT2D eigenvalue weighted by atomic mass is 32.2. The zero-order chi connectivity index (χ0) is 14.4. The second-order valence-corrected chi connectivity index (χ2v) is 5.68. The Balaban J connectivity index is 1.81. The van der Waals surface area contributed by atoms with E-state index < -0.39 is 0 Å². The van der Waals surface area contributed by atoms with Crippen molar-refractivity contribution >= 4 is 17.7 Å². The number of rotatable bonds is 9. The zero-order valence-corrected chi connectivity index (χ0v) is 12.9. The molecule has 1 fully saturated rings. The van der Waals surface area contributed by atoms with E-state index in [-0.39, 0.29) is 5.91 Å². The number of hydrogen-bond donors (Lipinski definition) is 1. The molecule has 1 saturated carbocycles. The third kappa shape index (κ3) is 4.17. The van der Waals surface area contributed by atoms with E-state index in [2.05, 4.69) is 27.8 Å². The number of carbonyl (C=O) groups excluding carboxylic acids is 1. The minimum Gasteiger partial charge on any atom is -0.339 e. The van der Waals surface area contributed by atoms with Crippen LogP contribution in [0.4, 0.5) is 0 Å². The number of amides is 1. The van der Waals surface area contributed by atoms with E-state index >= 15 is 0 Å².